The van der Waals surface area contributed by atoms with E-state index in [9.17, 15) is 0 Å². The second kappa shape index (κ2) is 6.75. The molecule has 0 saturated carbocycles. The second-order valence-corrected chi connectivity index (χ2v) is 4.44. The van der Waals surface area contributed by atoms with E-state index in [1.807, 2.05) is 25.2 Å². The molecule has 2 rings (SSSR count). The minimum Gasteiger partial charge on any atom is -0.497 e. The van der Waals surface area contributed by atoms with E-state index in [2.05, 4.69) is 5.32 Å². The third-order valence-electron chi connectivity index (χ3n) is 3.27. The lowest BCUT2D eigenvalue weighted by Gasteiger charge is -2.28. The highest BCUT2D eigenvalue weighted by Gasteiger charge is 2.22. The van der Waals surface area contributed by atoms with E-state index < -0.39 is 0 Å². The van der Waals surface area contributed by atoms with Gasteiger partial charge in [0.25, 0.3) is 0 Å². The zero-order valence-electron chi connectivity index (χ0n) is 11.6. The molecule has 0 amide bonds. The summed E-state index contributed by atoms with van der Waals surface area (Å²) in [6.45, 7) is 1.97. The van der Waals surface area contributed by atoms with Crippen molar-refractivity contribution in [1.29, 1.82) is 0 Å². The molecule has 19 heavy (non-hydrogen) atoms. The topological polar surface area (TPSA) is 49.0 Å². The number of hydrogen-bond donors (Lipinski definition) is 1. The fourth-order valence-electron chi connectivity index (χ4n) is 1.98. The van der Waals surface area contributed by atoms with Gasteiger partial charge in [-0.1, -0.05) is 0 Å². The minimum absolute atomic E-state index is 0.0847. The molecule has 1 saturated heterocycles. The summed E-state index contributed by atoms with van der Waals surface area (Å²) in [5, 5.41) is 3.25. The summed E-state index contributed by atoms with van der Waals surface area (Å²) in [4.78, 5) is 0. The highest BCUT2D eigenvalue weighted by molar-refractivity contribution is 5.42. The van der Waals surface area contributed by atoms with Crippen LogP contribution >= 0.6 is 0 Å². The Morgan fingerprint density at radius 1 is 1.32 bits per heavy atom. The Morgan fingerprint density at radius 2 is 2.11 bits per heavy atom. The summed E-state index contributed by atoms with van der Waals surface area (Å²) in [5.41, 5.74) is 1.06. The normalized spacial score (nSPS) is 16.8. The van der Waals surface area contributed by atoms with Crippen molar-refractivity contribution in [2.75, 3.05) is 41.1 Å². The van der Waals surface area contributed by atoms with Crippen LogP contribution in [0, 0.1) is 0 Å². The Bertz CT molecular complexity index is 406. The average molecular weight is 267 g/mol. The van der Waals surface area contributed by atoms with Crippen LogP contribution < -0.4 is 14.8 Å². The molecule has 5 nitrogen and oxygen atoms in total. The predicted octanol–water partition coefficient (Wildman–Crippen LogP) is 1.38. The van der Waals surface area contributed by atoms with Crippen LogP contribution in [0.2, 0.25) is 0 Å². The first kappa shape index (κ1) is 14.1. The minimum atomic E-state index is 0.0847. The molecule has 1 heterocycles. The zero-order chi connectivity index (χ0) is 13.7. The van der Waals surface area contributed by atoms with E-state index in [4.69, 9.17) is 18.9 Å². The van der Waals surface area contributed by atoms with Crippen LogP contribution in [0.4, 0.5) is 0 Å². The first-order valence-corrected chi connectivity index (χ1v) is 6.37. The number of nitrogens with one attached hydrogen (secondary N) is 1. The van der Waals surface area contributed by atoms with Crippen LogP contribution in [-0.4, -0.2) is 47.2 Å². The van der Waals surface area contributed by atoms with Crippen molar-refractivity contribution in [1.82, 2.24) is 5.32 Å². The lowest BCUT2D eigenvalue weighted by Crippen LogP contribution is -2.38. The molecule has 1 aliphatic heterocycles. The highest BCUT2D eigenvalue weighted by atomic mass is 16.6. The maximum atomic E-state index is 5.77. The van der Waals surface area contributed by atoms with Gasteiger partial charge in [0.05, 0.1) is 40.1 Å². The predicted molar refractivity (Wildman–Crippen MR) is 71.9 cm³/mol. The van der Waals surface area contributed by atoms with Gasteiger partial charge in [0, 0.05) is 11.6 Å². The molecule has 1 fully saturated rings. The maximum absolute atomic E-state index is 5.77. The van der Waals surface area contributed by atoms with Gasteiger partial charge in [0.15, 0.2) is 0 Å². The van der Waals surface area contributed by atoms with E-state index in [0.29, 0.717) is 19.8 Å². The molecule has 106 valence electrons. The van der Waals surface area contributed by atoms with Crippen molar-refractivity contribution in [3.8, 4) is 11.5 Å². The molecule has 1 aromatic carbocycles. The van der Waals surface area contributed by atoms with E-state index in [1.165, 1.54) is 0 Å². The van der Waals surface area contributed by atoms with Crippen LogP contribution in [0.5, 0.6) is 11.5 Å². The lowest BCUT2D eigenvalue weighted by molar-refractivity contribution is -0.133. The highest BCUT2D eigenvalue weighted by Crippen LogP contribution is 2.29. The number of hydrogen-bond acceptors (Lipinski definition) is 5. The summed E-state index contributed by atoms with van der Waals surface area (Å²) >= 11 is 0. The summed E-state index contributed by atoms with van der Waals surface area (Å²) in [7, 11) is 5.21. The fourth-order valence-corrected chi connectivity index (χ4v) is 1.98. The second-order valence-electron chi connectivity index (χ2n) is 4.44. The first-order chi connectivity index (χ1) is 9.28. The van der Waals surface area contributed by atoms with Crippen LogP contribution in [0.25, 0.3) is 0 Å². The van der Waals surface area contributed by atoms with Gasteiger partial charge in [-0.3, -0.25) is 0 Å². The Hall–Kier alpha value is -1.30. The Kier molecular flexibility index (Phi) is 5.01. The Balaban J connectivity index is 2.07. The van der Waals surface area contributed by atoms with Crippen molar-refractivity contribution in [3.63, 3.8) is 0 Å². The van der Waals surface area contributed by atoms with Gasteiger partial charge in [0.1, 0.15) is 17.6 Å². The summed E-state index contributed by atoms with van der Waals surface area (Å²) < 4.78 is 21.5. The Morgan fingerprint density at radius 3 is 2.63 bits per heavy atom. The molecular formula is C14H21NO4. The van der Waals surface area contributed by atoms with Crippen LogP contribution in [0.15, 0.2) is 18.2 Å². The first-order valence-electron chi connectivity index (χ1n) is 6.37. The summed E-state index contributed by atoms with van der Waals surface area (Å²) in [6, 6.07) is 5.89. The number of likely N-dealkylation sites (N-methyl/N-ethyl adjacent to an activating group) is 1. The summed E-state index contributed by atoms with van der Waals surface area (Å²) in [6.07, 6.45) is 0.222. The molecule has 0 aliphatic carbocycles. The largest absolute Gasteiger partial charge is 0.497 e. The third kappa shape index (κ3) is 3.37. The van der Waals surface area contributed by atoms with Gasteiger partial charge in [0.2, 0.25) is 0 Å². The van der Waals surface area contributed by atoms with Gasteiger partial charge < -0.3 is 24.3 Å². The number of ether oxygens (including phenoxy) is 4. The molecule has 1 unspecified atom stereocenters. The molecule has 0 aromatic heterocycles. The van der Waals surface area contributed by atoms with Gasteiger partial charge in [-0.2, -0.15) is 0 Å². The molecule has 0 spiro atoms. The van der Waals surface area contributed by atoms with Gasteiger partial charge in [-0.15, -0.1) is 0 Å². The van der Waals surface area contributed by atoms with Crippen LogP contribution in [-0.2, 0) is 9.47 Å². The van der Waals surface area contributed by atoms with Crippen molar-refractivity contribution in [2.24, 2.45) is 0 Å². The van der Waals surface area contributed by atoms with E-state index in [1.54, 1.807) is 14.2 Å². The van der Waals surface area contributed by atoms with E-state index >= 15 is 0 Å². The van der Waals surface area contributed by atoms with E-state index in [-0.39, 0.29) is 12.1 Å². The molecule has 0 bridgehead atoms. The standard InChI is InChI=1S/C14H21NO4/c1-15-13(9-19-11-7-18-8-11)12-5-4-10(16-2)6-14(12)17-3/h4-6,11,13,15H,7-9H2,1-3H3. The summed E-state index contributed by atoms with van der Waals surface area (Å²) in [5.74, 6) is 1.58. The van der Waals surface area contributed by atoms with E-state index in [0.717, 1.165) is 17.1 Å². The monoisotopic (exact) mass is 267 g/mol. The van der Waals surface area contributed by atoms with Gasteiger partial charge >= 0.3 is 0 Å². The molecule has 1 N–H and O–H groups in total. The molecule has 0 radical (unpaired) electrons. The quantitative estimate of drug-likeness (QED) is 0.809. The smallest absolute Gasteiger partial charge is 0.127 e. The molecule has 1 aliphatic rings. The third-order valence-corrected chi connectivity index (χ3v) is 3.27. The van der Waals surface area contributed by atoms with Gasteiger partial charge in [-0.25, -0.2) is 0 Å². The van der Waals surface area contributed by atoms with Crippen LogP contribution in [0.1, 0.15) is 11.6 Å². The SMILES string of the molecule is CNC(COC1COC1)c1ccc(OC)cc1OC. The Labute approximate surface area is 113 Å². The van der Waals surface area contributed by atoms with Gasteiger partial charge in [-0.05, 0) is 19.2 Å². The van der Waals surface area contributed by atoms with Crippen molar-refractivity contribution >= 4 is 0 Å². The maximum Gasteiger partial charge on any atom is 0.127 e. The molecule has 5 heteroatoms. The fraction of sp³-hybridized carbons (Fsp3) is 0.571. The van der Waals surface area contributed by atoms with Crippen molar-refractivity contribution in [2.45, 2.75) is 12.1 Å². The number of benzene rings is 1. The lowest BCUT2D eigenvalue weighted by atomic mass is 10.1. The average Bonchev–Trinajstić information content (AvgIpc) is 2.41. The molecule has 1 atom stereocenters. The zero-order valence-corrected chi connectivity index (χ0v) is 11.6. The molecular weight excluding hydrogens is 246 g/mol. The number of rotatable bonds is 7. The van der Waals surface area contributed by atoms with Crippen LogP contribution in [0.3, 0.4) is 0 Å². The van der Waals surface area contributed by atoms with Crippen molar-refractivity contribution < 1.29 is 18.9 Å². The number of methoxy groups -OCH3 is 2. The van der Waals surface area contributed by atoms with Crippen molar-refractivity contribution in [3.05, 3.63) is 23.8 Å². The molecule has 1 aromatic rings.